The molecule has 1 aliphatic rings. The molecule has 0 unspecified atom stereocenters. The van der Waals surface area contributed by atoms with Crippen LogP contribution in [0.2, 0.25) is 0 Å². The Hall–Kier alpha value is -0.940. The minimum atomic E-state index is 0.741. The molecule has 1 saturated carbocycles. The van der Waals surface area contributed by atoms with Crippen molar-refractivity contribution in [3.8, 4) is 10.6 Å². The smallest absolute Gasteiger partial charge is 0.183 e. The van der Waals surface area contributed by atoms with E-state index in [-0.39, 0.29) is 0 Å². The first-order valence-corrected chi connectivity index (χ1v) is 7.22. The van der Waals surface area contributed by atoms with E-state index >= 15 is 0 Å². The zero-order chi connectivity index (χ0) is 11.0. The maximum absolute atomic E-state index is 4.54. The SMILES string of the molecule is CCNc1nc(-c2cnc(C3CC3)s2)cs1. The average molecular weight is 251 g/mol. The molecule has 0 radical (unpaired) electrons. The van der Waals surface area contributed by atoms with Gasteiger partial charge in [0.2, 0.25) is 0 Å². The van der Waals surface area contributed by atoms with E-state index in [9.17, 15) is 0 Å². The van der Waals surface area contributed by atoms with E-state index < -0.39 is 0 Å². The summed E-state index contributed by atoms with van der Waals surface area (Å²) in [6, 6.07) is 0. The molecule has 3 rings (SSSR count). The van der Waals surface area contributed by atoms with Gasteiger partial charge < -0.3 is 5.32 Å². The molecule has 16 heavy (non-hydrogen) atoms. The monoisotopic (exact) mass is 251 g/mol. The van der Waals surface area contributed by atoms with E-state index in [4.69, 9.17) is 0 Å². The van der Waals surface area contributed by atoms with Gasteiger partial charge in [-0.1, -0.05) is 0 Å². The molecule has 0 amide bonds. The second-order valence-corrected chi connectivity index (χ2v) is 5.83. The first-order chi connectivity index (χ1) is 7.86. The number of aromatic nitrogens is 2. The van der Waals surface area contributed by atoms with Crippen LogP contribution in [0.4, 0.5) is 5.13 Å². The average Bonchev–Trinajstić information content (AvgIpc) is 2.85. The van der Waals surface area contributed by atoms with Crippen molar-refractivity contribution in [1.29, 1.82) is 0 Å². The second kappa shape index (κ2) is 4.14. The maximum atomic E-state index is 4.54. The third-order valence-corrected chi connectivity index (χ3v) is 4.52. The van der Waals surface area contributed by atoms with Gasteiger partial charge in [-0.25, -0.2) is 9.97 Å². The molecule has 0 saturated heterocycles. The van der Waals surface area contributed by atoms with Crippen LogP contribution < -0.4 is 5.32 Å². The van der Waals surface area contributed by atoms with Crippen molar-refractivity contribution in [2.24, 2.45) is 0 Å². The van der Waals surface area contributed by atoms with Crippen molar-refractivity contribution in [2.75, 3.05) is 11.9 Å². The van der Waals surface area contributed by atoms with Gasteiger partial charge in [-0.3, -0.25) is 0 Å². The summed E-state index contributed by atoms with van der Waals surface area (Å²) < 4.78 is 0. The predicted molar refractivity (Wildman–Crippen MR) is 69.4 cm³/mol. The Bertz CT molecular complexity index is 485. The second-order valence-electron chi connectivity index (χ2n) is 3.91. The number of rotatable bonds is 4. The number of nitrogens with zero attached hydrogens (tertiary/aromatic N) is 2. The summed E-state index contributed by atoms with van der Waals surface area (Å²) in [6.45, 7) is 3.00. The lowest BCUT2D eigenvalue weighted by Crippen LogP contribution is -1.94. The van der Waals surface area contributed by atoms with Crippen molar-refractivity contribution in [3.63, 3.8) is 0 Å². The first kappa shape index (κ1) is 10.2. The summed E-state index contributed by atoms with van der Waals surface area (Å²) >= 11 is 3.45. The molecule has 0 aliphatic heterocycles. The largest absolute Gasteiger partial charge is 0.362 e. The zero-order valence-corrected chi connectivity index (χ0v) is 10.7. The molecule has 1 N–H and O–H groups in total. The van der Waals surface area contributed by atoms with E-state index in [0.717, 1.165) is 23.3 Å². The minimum absolute atomic E-state index is 0.741. The molecule has 3 nitrogen and oxygen atoms in total. The molecular formula is C11H13N3S2. The van der Waals surface area contributed by atoms with Gasteiger partial charge in [-0.05, 0) is 19.8 Å². The quantitative estimate of drug-likeness (QED) is 0.902. The first-order valence-electron chi connectivity index (χ1n) is 5.52. The lowest BCUT2D eigenvalue weighted by molar-refractivity contribution is 1.08. The highest BCUT2D eigenvalue weighted by atomic mass is 32.1. The fourth-order valence-corrected chi connectivity index (χ4v) is 3.45. The molecule has 2 aromatic rings. The Kier molecular flexibility index (Phi) is 2.65. The Morgan fingerprint density at radius 3 is 3.12 bits per heavy atom. The van der Waals surface area contributed by atoms with Crippen LogP contribution in [0, 0.1) is 0 Å². The van der Waals surface area contributed by atoms with Gasteiger partial charge in [0, 0.05) is 24.0 Å². The number of nitrogens with one attached hydrogen (secondary N) is 1. The summed E-state index contributed by atoms with van der Waals surface area (Å²) in [4.78, 5) is 10.2. The molecule has 5 heteroatoms. The molecule has 0 aromatic carbocycles. The number of hydrogen-bond acceptors (Lipinski definition) is 5. The third-order valence-electron chi connectivity index (χ3n) is 2.53. The van der Waals surface area contributed by atoms with Crippen LogP contribution in [0.3, 0.4) is 0 Å². The van der Waals surface area contributed by atoms with Crippen LogP contribution in [0.15, 0.2) is 11.6 Å². The number of anilines is 1. The van der Waals surface area contributed by atoms with Gasteiger partial charge >= 0.3 is 0 Å². The van der Waals surface area contributed by atoms with Crippen LogP contribution in [0.5, 0.6) is 0 Å². The minimum Gasteiger partial charge on any atom is -0.362 e. The lowest BCUT2D eigenvalue weighted by Gasteiger charge is -1.93. The van der Waals surface area contributed by atoms with Crippen LogP contribution >= 0.6 is 22.7 Å². The summed E-state index contributed by atoms with van der Waals surface area (Å²) in [7, 11) is 0. The molecule has 0 atom stereocenters. The Morgan fingerprint density at radius 1 is 1.50 bits per heavy atom. The van der Waals surface area contributed by atoms with Crippen LogP contribution in [0.25, 0.3) is 10.6 Å². The maximum Gasteiger partial charge on any atom is 0.183 e. The predicted octanol–water partition coefficient (Wildman–Crippen LogP) is 3.58. The van der Waals surface area contributed by atoms with Crippen LogP contribution in [-0.4, -0.2) is 16.5 Å². The van der Waals surface area contributed by atoms with E-state index in [1.807, 2.05) is 6.20 Å². The Balaban J connectivity index is 1.83. The summed E-state index contributed by atoms with van der Waals surface area (Å²) in [5.41, 5.74) is 1.06. The summed E-state index contributed by atoms with van der Waals surface area (Å²) in [5, 5.41) is 7.61. The highest BCUT2D eigenvalue weighted by molar-refractivity contribution is 7.16. The van der Waals surface area contributed by atoms with Crippen LogP contribution in [0.1, 0.15) is 30.7 Å². The molecule has 0 spiro atoms. The molecule has 84 valence electrons. The summed E-state index contributed by atoms with van der Waals surface area (Å²) in [5.74, 6) is 0.741. The van der Waals surface area contributed by atoms with Crippen molar-refractivity contribution >= 4 is 27.8 Å². The van der Waals surface area contributed by atoms with Crippen molar-refractivity contribution in [3.05, 3.63) is 16.6 Å². The third kappa shape index (κ3) is 1.97. The molecule has 2 aromatic heterocycles. The zero-order valence-electron chi connectivity index (χ0n) is 9.06. The highest BCUT2D eigenvalue weighted by Crippen LogP contribution is 2.43. The van der Waals surface area contributed by atoms with Crippen LogP contribution in [-0.2, 0) is 0 Å². The molecule has 1 aliphatic carbocycles. The van der Waals surface area contributed by atoms with Crippen molar-refractivity contribution in [1.82, 2.24) is 9.97 Å². The van der Waals surface area contributed by atoms with Gasteiger partial charge in [0.25, 0.3) is 0 Å². The van der Waals surface area contributed by atoms with Gasteiger partial charge in [-0.2, -0.15) is 0 Å². The summed E-state index contributed by atoms with van der Waals surface area (Å²) in [6.07, 6.45) is 4.59. The van der Waals surface area contributed by atoms with E-state index in [1.54, 1.807) is 22.7 Å². The normalized spacial score (nSPS) is 15.3. The van der Waals surface area contributed by atoms with Gasteiger partial charge in [0.05, 0.1) is 15.6 Å². The van der Waals surface area contributed by atoms with Gasteiger partial charge in [0.15, 0.2) is 5.13 Å². The van der Waals surface area contributed by atoms with E-state index in [1.165, 1.54) is 22.7 Å². The topological polar surface area (TPSA) is 37.8 Å². The van der Waals surface area contributed by atoms with Gasteiger partial charge in [0.1, 0.15) is 0 Å². The van der Waals surface area contributed by atoms with Gasteiger partial charge in [-0.15, -0.1) is 22.7 Å². The van der Waals surface area contributed by atoms with E-state index in [2.05, 4.69) is 27.6 Å². The fraction of sp³-hybridized carbons (Fsp3) is 0.455. The Morgan fingerprint density at radius 2 is 2.38 bits per heavy atom. The number of hydrogen-bond donors (Lipinski definition) is 1. The molecule has 1 fully saturated rings. The van der Waals surface area contributed by atoms with Crippen molar-refractivity contribution in [2.45, 2.75) is 25.7 Å². The van der Waals surface area contributed by atoms with Crippen molar-refractivity contribution < 1.29 is 0 Å². The fourth-order valence-electron chi connectivity index (χ4n) is 1.54. The standard InChI is InChI=1S/C11H13N3S2/c1-2-12-11-14-8(6-15-11)9-5-13-10(16-9)7-3-4-7/h5-7H,2-4H2,1H3,(H,12,14). The molecule has 2 heterocycles. The highest BCUT2D eigenvalue weighted by Gasteiger charge is 2.27. The Labute approximate surface area is 103 Å². The lowest BCUT2D eigenvalue weighted by atomic mass is 10.4. The molecule has 0 bridgehead atoms. The number of thiazole rings is 2. The molecular weight excluding hydrogens is 238 g/mol. The van der Waals surface area contributed by atoms with E-state index in [0.29, 0.717) is 0 Å².